The van der Waals surface area contributed by atoms with Crippen LogP contribution in [-0.2, 0) is 4.79 Å². The zero-order valence-electron chi connectivity index (χ0n) is 12.4. The molecule has 5 nitrogen and oxygen atoms in total. The van der Waals surface area contributed by atoms with Gasteiger partial charge in [0, 0.05) is 18.5 Å². The minimum atomic E-state index is -0.0651. The molecule has 0 aromatic rings. The fourth-order valence-electron chi connectivity index (χ4n) is 2.19. The summed E-state index contributed by atoms with van der Waals surface area (Å²) in [5.74, 6) is 0.880. The molecule has 0 aromatic heterocycles. The molecule has 0 radical (unpaired) electrons. The second-order valence-corrected chi connectivity index (χ2v) is 5.66. The number of hydrogen-bond acceptors (Lipinski definition) is 3. The van der Waals surface area contributed by atoms with Gasteiger partial charge in [-0.2, -0.15) is 0 Å². The summed E-state index contributed by atoms with van der Waals surface area (Å²) < 4.78 is 0. The number of Topliss-reactive ketones (excluding diaryl/α,β-unsaturated/α-hetero) is 1. The van der Waals surface area contributed by atoms with Gasteiger partial charge in [0.1, 0.15) is 6.20 Å². The first-order chi connectivity index (χ1) is 8.91. The van der Waals surface area contributed by atoms with Crippen molar-refractivity contribution >= 4 is 11.7 Å². The lowest BCUT2D eigenvalue weighted by molar-refractivity contribution is -0.464. The molecule has 1 atom stereocenters. The molecule has 0 spiro atoms. The molecule has 0 aromatic carbocycles. The van der Waals surface area contributed by atoms with Gasteiger partial charge in [0.15, 0.2) is 5.78 Å². The maximum absolute atomic E-state index is 12.1. The van der Waals surface area contributed by atoms with Crippen LogP contribution in [0.1, 0.15) is 40.5 Å². The molecule has 0 saturated heterocycles. The van der Waals surface area contributed by atoms with Crippen LogP contribution in [0.2, 0.25) is 0 Å². The maximum atomic E-state index is 12.1. The number of ketones is 1. The Labute approximate surface area is 115 Å². The van der Waals surface area contributed by atoms with Crippen molar-refractivity contribution in [3.8, 4) is 0 Å². The van der Waals surface area contributed by atoms with E-state index in [1.165, 1.54) is 0 Å². The first-order valence-electron chi connectivity index (χ1n) is 7.08. The molecule has 4 N–H and O–H groups in total. The minimum Gasteiger partial charge on any atom is -0.305 e. The molecule has 1 heterocycles. The molecule has 1 aliphatic rings. The van der Waals surface area contributed by atoms with Crippen LogP contribution in [0.15, 0.2) is 12.4 Å². The van der Waals surface area contributed by atoms with E-state index in [2.05, 4.69) is 19.2 Å². The smallest absolute Gasteiger partial charge is 0.303 e. The molecule has 1 aliphatic heterocycles. The van der Waals surface area contributed by atoms with E-state index in [-0.39, 0.29) is 17.7 Å². The number of hydrogen-bond donors (Lipinski definition) is 3. The predicted molar refractivity (Wildman–Crippen MR) is 76.6 cm³/mol. The van der Waals surface area contributed by atoms with Gasteiger partial charge >= 0.3 is 5.96 Å². The Balaban J connectivity index is 2.42. The van der Waals surface area contributed by atoms with Gasteiger partial charge in [-0.25, -0.2) is 5.41 Å². The Bertz CT molecular complexity index is 349. The van der Waals surface area contributed by atoms with E-state index in [1.54, 1.807) is 5.32 Å². The van der Waals surface area contributed by atoms with Gasteiger partial charge in [-0.1, -0.05) is 27.7 Å². The highest BCUT2D eigenvalue weighted by atomic mass is 16.1. The number of carbonyl (C=O) groups is 1. The van der Waals surface area contributed by atoms with Gasteiger partial charge in [0.05, 0.1) is 12.2 Å². The standard InChI is InChI=1S/C14H26N4O/c1-10(2)13(19)12(17-11(3)4)6-5-8-18-9-7-16-14(18)15/h7,9-12,17H,5-6,8H2,1-4H3,(H2,15,16)/p+1/t12-/m0/s1. The van der Waals surface area contributed by atoms with Crippen LogP contribution in [0, 0.1) is 11.3 Å². The van der Waals surface area contributed by atoms with Crippen LogP contribution in [0.4, 0.5) is 0 Å². The Morgan fingerprint density at radius 1 is 1.42 bits per heavy atom. The summed E-state index contributed by atoms with van der Waals surface area (Å²) >= 11 is 0. The lowest BCUT2D eigenvalue weighted by atomic mass is 9.97. The zero-order chi connectivity index (χ0) is 14.4. The van der Waals surface area contributed by atoms with Gasteiger partial charge in [0.2, 0.25) is 0 Å². The second-order valence-electron chi connectivity index (χ2n) is 5.66. The van der Waals surface area contributed by atoms with Crippen molar-refractivity contribution in [1.82, 2.24) is 10.2 Å². The maximum Gasteiger partial charge on any atom is 0.303 e. The van der Waals surface area contributed by atoms with Crippen LogP contribution in [0.5, 0.6) is 0 Å². The van der Waals surface area contributed by atoms with Gasteiger partial charge < -0.3 is 5.32 Å². The van der Waals surface area contributed by atoms with E-state index in [9.17, 15) is 4.79 Å². The average Bonchev–Trinajstić information content (AvgIpc) is 2.72. The third-order valence-electron chi connectivity index (χ3n) is 3.17. The summed E-state index contributed by atoms with van der Waals surface area (Å²) in [5, 5.41) is 12.8. The monoisotopic (exact) mass is 267 g/mol. The predicted octanol–water partition coefficient (Wildman–Crippen LogP) is 0.643. The zero-order valence-corrected chi connectivity index (χ0v) is 12.4. The number of rotatable bonds is 8. The number of nitrogens with two attached hydrogens (primary N) is 1. The summed E-state index contributed by atoms with van der Waals surface area (Å²) in [6.07, 6.45) is 5.53. The molecule has 0 aliphatic carbocycles. The Morgan fingerprint density at radius 3 is 2.58 bits per heavy atom. The third kappa shape index (κ3) is 5.12. The van der Waals surface area contributed by atoms with Gasteiger partial charge in [-0.15, -0.1) is 0 Å². The van der Waals surface area contributed by atoms with Crippen molar-refractivity contribution in [3.63, 3.8) is 0 Å². The first kappa shape index (κ1) is 15.9. The van der Waals surface area contributed by atoms with E-state index >= 15 is 0 Å². The van der Waals surface area contributed by atoms with Crippen molar-refractivity contribution in [2.75, 3.05) is 6.54 Å². The van der Waals surface area contributed by atoms with Crippen molar-refractivity contribution in [1.29, 1.82) is 5.41 Å². The van der Waals surface area contributed by atoms with E-state index in [4.69, 9.17) is 5.41 Å². The quantitative estimate of drug-likeness (QED) is 0.604. The topological polar surface area (TPSA) is 72.8 Å². The van der Waals surface area contributed by atoms with E-state index in [0.29, 0.717) is 12.0 Å². The van der Waals surface area contributed by atoms with E-state index < -0.39 is 0 Å². The highest BCUT2D eigenvalue weighted by Crippen LogP contribution is 2.08. The van der Waals surface area contributed by atoms with Crippen molar-refractivity contribution in [2.24, 2.45) is 5.92 Å². The molecule has 108 valence electrons. The molecular formula is C14H27N4O+. The number of nitrogens with zero attached hydrogens (tertiary/aromatic N) is 1. The summed E-state index contributed by atoms with van der Waals surface area (Å²) in [6.45, 7) is 8.83. The summed E-state index contributed by atoms with van der Waals surface area (Å²) in [6, 6.07) is 0.246. The minimum absolute atomic E-state index is 0.0644. The van der Waals surface area contributed by atoms with Gasteiger partial charge in [-0.05, 0) is 12.8 Å². The van der Waals surface area contributed by atoms with Crippen LogP contribution in [0.3, 0.4) is 0 Å². The molecule has 0 bridgehead atoms. The molecule has 0 amide bonds. The molecule has 0 unspecified atom stereocenters. The fraction of sp³-hybridized carbons (Fsp3) is 0.714. The van der Waals surface area contributed by atoms with E-state index in [1.807, 2.05) is 31.1 Å². The summed E-state index contributed by atoms with van der Waals surface area (Å²) in [5.41, 5.74) is 0. The van der Waals surface area contributed by atoms with Crippen molar-refractivity contribution < 1.29 is 10.1 Å². The summed E-state index contributed by atoms with van der Waals surface area (Å²) in [7, 11) is 0. The van der Waals surface area contributed by atoms with Crippen molar-refractivity contribution in [3.05, 3.63) is 12.4 Å². The Morgan fingerprint density at radius 2 is 2.11 bits per heavy atom. The molecular weight excluding hydrogens is 240 g/mol. The molecule has 0 fully saturated rings. The normalized spacial score (nSPS) is 16.7. The van der Waals surface area contributed by atoms with Gasteiger partial charge in [-0.3, -0.25) is 15.0 Å². The molecule has 5 heteroatoms. The second kappa shape index (κ2) is 7.40. The first-order valence-corrected chi connectivity index (χ1v) is 7.08. The number of guanidine groups is 1. The SMILES string of the molecule is CC(C)N[C@@H](CCCN1C=C[NH2+]C1=N)C(=O)C(C)C. The highest BCUT2D eigenvalue weighted by molar-refractivity contribution is 5.85. The summed E-state index contributed by atoms with van der Waals surface area (Å²) in [4.78, 5) is 14.0. The third-order valence-corrected chi connectivity index (χ3v) is 3.17. The van der Waals surface area contributed by atoms with Crippen LogP contribution in [0.25, 0.3) is 0 Å². The Hall–Kier alpha value is -1.20. The fourth-order valence-corrected chi connectivity index (χ4v) is 2.19. The number of quaternary nitrogens is 1. The van der Waals surface area contributed by atoms with Crippen LogP contribution < -0.4 is 10.6 Å². The number of nitrogens with one attached hydrogen (secondary N) is 2. The average molecular weight is 267 g/mol. The largest absolute Gasteiger partial charge is 0.305 e. The molecule has 0 saturated carbocycles. The van der Waals surface area contributed by atoms with Gasteiger partial charge in [0.25, 0.3) is 0 Å². The molecule has 1 rings (SSSR count). The highest BCUT2D eigenvalue weighted by Gasteiger charge is 2.22. The van der Waals surface area contributed by atoms with E-state index in [0.717, 1.165) is 19.4 Å². The lowest BCUT2D eigenvalue weighted by Crippen LogP contribution is -2.82. The molecule has 19 heavy (non-hydrogen) atoms. The Kier molecular flexibility index (Phi) is 6.18. The lowest BCUT2D eigenvalue weighted by Gasteiger charge is -2.22. The van der Waals surface area contributed by atoms with Crippen molar-refractivity contribution in [2.45, 2.75) is 52.6 Å². The van der Waals surface area contributed by atoms with Crippen LogP contribution in [-0.4, -0.2) is 35.3 Å². The number of carbonyl (C=O) groups excluding carboxylic acids is 1. The van der Waals surface area contributed by atoms with Crippen LogP contribution >= 0.6 is 0 Å².